The fourth-order valence-corrected chi connectivity index (χ4v) is 7.56. The number of benzene rings is 1. The van der Waals surface area contributed by atoms with Crippen molar-refractivity contribution < 1.29 is 46.3 Å². The van der Waals surface area contributed by atoms with E-state index in [1.54, 1.807) is 32.9 Å². The van der Waals surface area contributed by atoms with Gasteiger partial charge in [-0.2, -0.15) is 0 Å². The molecule has 3 fully saturated rings. The highest BCUT2D eigenvalue weighted by atomic mass is 32.2. The summed E-state index contributed by atoms with van der Waals surface area (Å²) in [5, 5.41) is 4.48. The van der Waals surface area contributed by atoms with Crippen molar-refractivity contribution in [2.45, 2.75) is 101 Å². The highest BCUT2D eigenvalue weighted by Crippen LogP contribution is 2.45. The second kappa shape index (κ2) is 13.6. The van der Waals surface area contributed by atoms with Crippen LogP contribution in [-0.4, -0.2) is 95.8 Å². The number of hydrogen-bond acceptors (Lipinski definition) is 10. The average molecular weight is 707 g/mol. The van der Waals surface area contributed by atoms with Crippen molar-refractivity contribution >= 4 is 39.9 Å². The van der Waals surface area contributed by atoms with Gasteiger partial charge in [-0.25, -0.2) is 22.4 Å². The van der Waals surface area contributed by atoms with Gasteiger partial charge >= 0.3 is 12.2 Å². The number of halogens is 1. The lowest BCUT2D eigenvalue weighted by molar-refractivity contribution is -0.141. The zero-order chi connectivity index (χ0) is 35.9. The smallest absolute Gasteiger partial charge is 0.410 e. The van der Waals surface area contributed by atoms with Crippen molar-refractivity contribution in [3.05, 3.63) is 47.8 Å². The lowest BCUT2D eigenvalue weighted by Gasteiger charge is -2.30. The Bertz CT molecular complexity index is 1650. The van der Waals surface area contributed by atoms with Crippen LogP contribution in [0.5, 0.6) is 0 Å². The molecule has 5 atom stereocenters. The van der Waals surface area contributed by atoms with Gasteiger partial charge in [0.2, 0.25) is 21.8 Å². The molecule has 0 bridgehead atoms. The van der Waals surface area contributed by atoms with Crippen molar-refractivity contribution in [2.75, 3.05) is 13.1 Å². The summed E-state index contributed by atoms with van der Waals surface area (Å²) in [6.45, 7) is 8.45. The van der Waals surface area contributed by atoms with Gasteiger partial charge in [0.05, 0.1) is 18.3 Å². The first-order chi connectivity index (χ1) is 23.0. The number of sulfonamides is 1. The van der Waals surface area contributed by atoms with Gasteiger partial charge in [0.15, 0.2) is 0 Å². The zero-order valence-electron chi connectivity index (χ0n) is 27.7. The summed E-state index contributed by atoms with van der Waals surface area (Å²) in [6.07, 6.45) is -0.517. The number of rotatable bonds is 11. The maximum atomic E-state index is 14.3. The fraction of sp³-hybridized carbons (Fsp3) is 0.594. The molecule has 5 rings (SSSR count). The first kappa shape index (κ1) is 36.0. The summed E-state index contributed by atoms with van der Waals surface area (Å²) in [4.78, 5) is 69.5. The van der Waals surface area contributed by atoms with E-state index in [-0.39, 0.29) is 45.4 Å². The Morgan fingerprint density at radius 2 is 1.90 bits per heavy atom. The lowest BCUT2D eigenvalue weighted by Crippen LogP contribution is -2.58. The number of nitrogens with zero attached hydrogens (tertiary/aromatic N) is 2. The Balaban J connectivity index is 1.35. The zero-order valence-corrected chi connectivity index (χ0v) is 28.5. The molecule has 2 aliphatic carbocycles. The van der Waals surface area contributed by atoms with Gasteiger partial charge in [-0.1, -0.05) is 18.2 Å². The van der Waals surface area contributed by atoms with Gasteiger partial charge in [0.1, 0.15) is 35.1 Å². The van der Waals surface area contributed by atoms with E-state index in [9.17, 15) is 36.8 Å². The van der Waals surface area contributed by atoms with E-state index in [1.165, 1.54) is 17.0 Å². The van der Waals surface area contributed by atoms with Crippen LogP contribution in [0.15, 0.2) is 30.9 Å². The molecule has 5 amide bonds. The second-order valence-electron chi connectivity index (χ2n) is 13.9. The summed E-state index contributed by atoms with van der Waals surface area (Å²) in [5.74, 6) is -3.46. The summed E-state index contributed by atoms with van der Waals surface area (Å²) in [5.41, 5.74) is 4.26. The molecule has 5 N–H and O–H groups in total. The number of carbonyl (C=O) groups excluding carboxylic acids is 5. The second-order valence-corrected chi connectivity index (χ2v) is 15.9. The predicted octanol–water partition coefficient (Wildman–Crippen LogP) is 1.16. The third kappa shape index (κ3) is 7.98. The monoisotopic (exact) mass is 706 g/mol. The standard InChI is InChI=1S/C32H43FN6O9S/c1-5-19-14-32(19,28(42)37-49(45,46)21-9-10-21)36-26(40)25-13-20(47-30(44)38-15-18-7-6-8-23(33)22(18)17-38)16-39(25)27(41)24(11-12-34)35-29(43)48-31(2,3)4/h5-8,19-21,24-25H,1,9-17,34H2,2-4H3,(H,35,43)(H,36,40)(H,37,42)/t19-,20?,24+,25+,32-/m1/s1. The quantitative estimate of drug-likeness (QED) is 0.242. The molecule has 2 saturated carbocycles. The fourth-order valence-electron chi connectivity index (χ4n) is 6.20. The number of hydrogen-bond donors (Lipinski definition) is 4. The van der Waals surface area contributed by atoms with Crippen LogP contribution in [0.1, 0.15) is 64.0 Å². The molecule has 49 heavy (non-hydrogen) atoms. The minimum atomic E-state index is -3.93. The van der Waals surface area contributed by atoms with Gasteiger partial charge in [-0.05, 0) is 64.6 Å². The maximum absolute atomic E-state index is 14.3. The average Bonchev–Trinajstić information content (AvgIpc) is 3.90. The van der Waals surface area contributed by atoms with Crippen LogP contribution in [0.3, 0.4) is 0 Å². The van der Waals surface area contributed by atoms with Crippen molar-refractivity contribution in [1.29, 1.82) is 0 Å². The van der Waals surface area contributed by atoms with E-state index in [0.29, 0.717) is 24.0 Å². The molecule has 0 aromatic heterocycles. The van der Waals surface area contributed by atoms with Gasteiger partial charge in [0.25, 0.3) is 5.91 Å². The highest BCUT2D eigenvalue weighted by molar-refractivity contribution is 7.91. The SMILES string of the molecule is C=C[C@@H]1C[C@]1(NC(=O)[C@@H]1CC(OC(=O)N2Cc3cccc(F)c3C2)CN1C(=O)[C@H](CCN)NC(=O)OC(C)(C)C)C(=O)NS(=O)(=O)C1CC1. The molecule has 0 spiro atoms. The number of amides is 5. The molecule has 15 nitrogen and oxygen atoms in total. The number of nitrogens with one attached hydrogen (secondary N) is 3. The van der Waals surface area contributed by atoms with E-state index < -0.39 is 86.2 Å². The lowest BCUT2D eigenvalue weighted by atomic mass is 10.1. The molecule has 1 saturated heterocycles. The predicted molar refractivity (Wildman–Crippen MR) is 172 cm³/mol. The topological polar surface area (TPSA) is 207 Å². The van der Waals surface area contributed by atoms with Crippen LogP contribution < -0.4 is 21.1 Å². The number of fused-ring (bicyclic) bond motifs is 1. The molecule has 2 aliphatic heterocycles. The number of alkyl carbamates (subject to hydrolysis) is 1. The van der Waals surface area contributed by atoms with E-state index in [2.05, 4.69) is 21.9 Å². The molecule has 268 valence electrons. The first-order valence-electron chi connectivity index (χ1n) is 16.2. The van der Waals surface area contributed by atoms with Crippen molar-refractivity contribution in [1.82, 2.24) is 25.2 Å². The molecule has 0 radical (unpaired) electrons. The Labute approximate surface area is 284 Å². The number of likely N-dealkylation sites (tertiary alicyclic amines) is 1. The molecule has 1 aromatic rings. The Kier molecular flexibility index (Phi) is 9.98. The van der Waals surface area contributed by atoms with Gasteiger partial charge < -0.3 is 30.7 Å². The third-order valence-corrected chi connectivity index (χ3v) is 10.8. The van der Waals surface area contributed by atoms with Crippen LogP contribution >= 0.6 is 0 Å². The highest BCUT2D eigenvalue weighted by Gasteiger charge is 2.62. The Morgan fingerprint density at radius 3 is 2.49 bits per heavy atom. The molecular weight excluding hydrogens is 663 g/mol. The van der Waals surface area contributed by atoms with Gasteiger partial charge in [-0.3, -0.25) is 24.0 Å². The minimum absolute atomic E-state index is 0.0127. The van der Waals surface area contributed by atoms with Crippen LogP contribution in [0.25, 0.3) is 0 Å². The van der Waals surface area contributed by atoms with Gasteiger partial charge in [-0.15, -0.1) is 6.58 Å². The van der Waals surface area contributed by atoms with Crippen LogP contribution in [0.2, 0.25) is 0 Å². The van der Waals surface area contributed by atoms with Gasteiger partial charge in [0, 0.05) is 24.4 Å². The Morgan fingerprint density at radius 1 is 1.18 bits per heavy atom. The van der Waals surface area contributed by atoms with E-state index in [0.717, 1.165) is 4.90 Å². The Hall–Kier alpha value is -4.25. The molecule has 17 heteroatoms. The molecule has 4 aliphatic rings. The first-order valence-corrected chi connectivity index (χ1v) is 17.7. The molecule has 2 heterocycles. The maximum Gasteiger partial charge on any atom is 0.410 e. The van der Waals surface area contributed by atoms with E-state index >= 15 is 0 Å². The van der Waals surface area contributed by atoms with E-state index in [1.807, 2.05) is 0 Å². The number of carbonyl (C=O) groups is 5. The molecule has 1 unspecified atom stereocenters. The van der Waals surface area contributed by atoms with Crippen LogP contribution in [0, 0.1) is 11.7 Å². The summed E-state index contributed by atoms with van der Waals surface area (Å²) < 4.78 is 52.6. The molecule has 1 aromatic carbocycles. The van der Waals surface area contributed by atoms with Crippen LogP contribution in [-0.2, 0) is 47.0 Å². The van der Waals surface area contributed by atoms with Crippen molar-refractivity contribution in [3.8, 4) is 0 Å². The summed E-state index contributed by atoms with van der Waals surface area (Å²) in [6, 6.07) is 2.03. The summed E-state index contributed by atoms with van der Waals surface area (Å²) >= 11 is 0. The minimum Gasteiger partial charge on any atom is -0.444 e. The number of nitrogens with two attached hydrogens (primary N) is 1. The van der Waals surface area contributed by atoms with Crippen molar-refractivity contribution in [3.63, 3.8) is 0 Å². The molecular formula is C32H43FN6O9S. The third-order valence-electron chi connectivity index (χ3n) is 8.99. The number of ether oxygens (including phenoxy) is 2. The largest absolute Gasteiger partial charge is 0.444 e. The van der Waals surface area contributed by atoms with Crippen LogP contribution in [0.4, 0.5) is 14.0 Å². The van der Waals surface area contributed by atoms with Crippen molar-refractivity contribution in [2.24, 2.45) is 11.7 Å². The van der Waals surface area contributed by atoms with E-state index in [4.69, 9.17) is 15.2 Å². The normalized spacial score (nSPS) is 25.1. The summed E-state index contributed by atoms with van der Waals surface area (Å²) in [7, 11) is -3.93.